The van der Waals surface area contributed by atoms with E-state index in [2.05, 4.69) is 9.97 Å². The molecule has 1 aliphatic heterocycles. The molecule has 4 rings (SSSR count). The number of fused-ring (bicyclic) bond motifs is 1. The van der Waals surface area contributed by atoms with E-state index in [9.17, 15) is 17.6 Å². The summed E-state index contributed by atoms with van der Waals surface area (Å²) in [4.78, 5) is 22.1. The van der Waals surface area contributed by atoms with Crippen LogP contribution in [0.25, 0.3) is 11.1 Å². The summed E-state index contributed by atoms with van der Waals surface area (Å²) in [6.07, 6.45) is 4.58. The molecule has 0 aliphatic carbocycles. The van der Waals surface area contributed by atoms with Crippen LogP contribution in [0.5, 0.6) is 11.8 Å². The van der Waals surface area contributed by atoms with Crippen molar-refractivity contribution in [2.24, 2.45) is 0 Å². The van der Waals surface area contributed by atoms with E-state index in [0.29, 0.717) is 17.7 Å². The largest absolute Gasteiger partial charge is 0.423 e. The summed E-state index contributed by atoms with van der Waals surface area (Å²) in [5, 5.41) is 0. The van der Waals surface area contributed by atoms with E-state index in [-0.39, 0.29) is 22.9 Å². The van der Waals surface area contributed by atoms with Gasteiger partial charge in [0, 0.05) is 30.3 Å². The molecule has 1 unspecified atom stereocenters. The first-order chi connectivity index (χ1) is 15.1. The molecule has 1 atom stereocenters. The minimum atomic E-state index is -3.33. The zero-order valence-electron chi connectivity index (χ0n) is 17.9. The number of ether oxygens (including phenoxy) is 1. The molecular weight excluding hydrogens is 433 g/mol. The maximum absolute atomic E-state index is 13.3. The molecule has 0 saturated heterocycles. The molecule has 166 valence electrons. The Morgan fingerprint density at radius 2 is 1.78 bits per heavy atom. The van der Waals surface area contributed by atoms with E-state index in [1.165, 1.54) is 19.1 Å². The summed E-state index contributed by atoms with van der Waals surface area (Å²) < 4.78 is 43.0. The fourth-order valence-electron chi connectivity index (χ4n) is 3.95. The Bertz CT molecular complexity index is 1280. The number of amides is 1. The number of carbonyl (C=O) groups excluding carboxylic acids is 1. The highest BCUT2D eigenvalue weighted by molar-refractivity contribution is 7.90. The summed E-state index contributed by atoms with van der Waals surface area (Å²) in [7, 11) is -3.33. The van der Waals surface area contributed by atoms with Gasteiger partial charge >= 0.3 is 6.01 Å². The summed E-state index contributed by atoms with van der Waals surface area (Å²) in [6.45, 7) is 3.51. The van der Waals surface area contributed by atoms with Crippen molar-refractivity contribution >= 4 is 21.4 Å². The zero-order valence-corrected chi connectivity index (χ0v) is 18.7. The van der Waals surface area contributed by atoms with Crippen LogP contribution in [0, 0.1) is 5.82 Å². The Balaban J connectivity index is 1.88. The average Bonchev–Trinajstić information content (AvgIpc) is 2.74. The Morgan fingerprint density at radius 3 is 2.38 bits per heavy atom. The third kappa shape index (κ3) is 4.20. The SMILES string of the molecule is CC(=O)N1c2ccc(-c3ccc(S(C)(=O)=O)cc3)c(Oc3ncc(F)cn3)c2CCC1C. The highest BCUT2D eigenvalue weighted by Crippen LogP contribution is 2.44. The van der Waals surface area contributed by atoms with Crippen LogP contribution in [0.3, 0.4) is 0 Å². The molecule has 1 aliphatic rings. The summed E-state index contributed by atoms with van der Waals surface area (Å²) in [5.41, 5.74) is 2.97. The molecule has 0 saturated carbocycles. The smallest absolute Gasteiger partial charge is 0.322 e. The third-order valence-corrected chi connectivity index (χ3v) is 6.60. The molecule has 0 fully saturated rings. The van der Waals surface area contributed by atoms with Crippen molar-refractivity contribution in [1.82, 2.24) is 9.97 Å². The Kier molecular flexibility index (Phi) is 5.68. The maximum atomic E-state index is 13.3. The van der Waals surface area contributed by atoms with Crippen LogP contribution in [-0.2, 0) is 21.1 Å². The number of aromatic nitrogens is 2. The number of halogens is 1. The van der Waals surface area contributed by atoms with Gasteiger partial charge in [0.1, 0.15) is 5.75 Å². The van der Waals surface area contributed by atoms with Crippen LogP contribution < -0.4 is 9.64 Å². The standard InChI is InChI=1S/C23H22FN3O4S/c1-14-4-9-20-21(27(14)15(2)28)11-10-19(16-5-7-18(8-6-16)32(3,29)30)22(20)31-23-25-12-17(24)13-26-23/h5-8,10-14H,4,9H2,1-3H3. The Morgan fingerprint density at radius 1 is 1.12 bits per heavy atom. The summed E-state index contributed by atoms with van der Waals surface area (Å²) >= 11 is 0. The van der Waals surface area contributed by atoms with Gasteiger partial charge in [-0.3, -0.25) is 4.79 Å². The molecule has 2 heterocycles. The number of nitrogens with zero attached hydrogens (tertiary/aromatic N) is 3. The van der Waals surface area contributed by atoms with E-state index in [1.54, 1.807) is 17.0 Å². The highest BCUT2D eigenvalue weighted by Gasteiger charge is 2.30. The van der Waals surface area contributed by atoms with E-state index < -0.39 is 15.7 Å². The lowest BCUT2D eigenvalue weighted by Gasteiger charge is -2.35. The van der Waals surface area contributed by atoms with Crippen LogP contribution in [0.15, 0.2) is 53.7 Å². The fourth-order valence-corrected chi connectivity index (χ4v) is 4.58. The lowest BCUT2D eigenvalue weighted by molar-refractivity contribution is -0.117. The molecule has 9 heteroatoms. The van der Waals surface area contributed by atoms with Gasteiger partial charge in [0.2, 0.25) is 5.91 Å². The van der Waals surface area contributed by atoms with Gasteiger partial charge in [-0.1, -0.05) is 12.1 Å². The van der Waals surface area contributed by atoms with Crippen LogP contribution in [0.2, 0.25) is 0 Å². The quantitative estimate of drug-likeness (QED) is 0.587. The van der Waals surface area contributed by atoms with Crippen molar-refractivity contribution in [2.45, 2.75) is 37.6 Å². The molecule has 2 aromatic carbocycles. The number of hydrogen-bond donors (Lipinski definition) is 0. The molecule has 0 spiro atoms. The van der Waals surface area contributed by atoms with E-state index in [4.69, 9.17) is 4.74 Å². The average molecular weight is 456 g/mol. The fraction of sp³-hybridized carbons (Fsp3) is 0.261. The predicted octanol–water partition coefficient (Wildman–Crippen LogP) is 4.17. The lowest BCUT2D eigenvalue weighted by Crippen LogP contribution is -2.40. The maximum Gasteiger partial charge on any atom is 0.322 e. The second kappa shape index (κ2) is 8.31. The first kappa shape index (κ1) is 21.9. The second-order valence-electron chi connectivity index (χ2n) is 7.80. The number of carbonyl (C=O) groups is 1. The molecule has 32 heavy (non-hydrogen) atoms. The van der Waals surface area contributed by atoms with Crippen molar-refractivity contribution in [2.75, 3.05) is 11.2 Å². The van der Waals surface area contributed by atoms with E-state index in [0.717, 1.165) is 41.9 Å². The predicted molar refractivity (Wildman–Crippen MR) is 118 cm³/mol. The number of sulfone groups is 1. The molecule has 7 nitrogen and oxygen atoms in total. The van der Waals surface area contributed by atoms with Crippen molar-refractivity contribution < 1.29 is 22.3 Å². The minimum Gasteiger partial charge on any atom is -0.423 e. The van der Waals surface area contributed by atoms with Gasteiger partial charge in [-0.2, -0.15) is 0 Å². The van der Waals surface area contributed by atoms with Gasteiger partial charge in [-0.05, 0) is 49.6 Å². The summed E-state index contributed by atoms with van der Waals surface area (Å²) in [6, 6.07) is 10.2. The van der Waals surface area contributed by atoms with Crippen LogP contribution in [0.4, 0.5) is 10.1 Å². The van der Waals surface area contributed by atoms with Gasteiger partial charge in [-0.25, -0.2) is 22.8 Å². The van der Waals surface area contributed by atoms with Gasteiger partial charge < -0.3 is 9.64 Å². The third-order valence-electron chi connectivity index (χ3n) is 5.47. The monoisotopic (exact) mass is 455 g/mol. The van der Waals surface area contributed by atoms with Crippen molar-refractivity contribution in [3.63, 3.8) is 0 Å². The molecule has 1 aromatic heterocycles. The lowest BCUT2D eigenvalue weighted by atomic mass is 9.91. The van der Waals surface area contributed by atoms with Crippen molar-refractivity contribution in [3.05, 3.63) is 60.2 Å². The number of anilines is 1. The Hall–Kier alpha value is -3.33. The van der Waals surface area contributed by atoms with E-state index in [1.807, 2.05) is 19.1 Å². The van der Waals surface area contributed by atoms with Crippen molar-refractivity contribution in [1.29, 1.82) is 0 Å². The van der Waals surface area contributed by atoms with Gasteiger partial charge in [0.15, 0.2) is 15.7 Å². The molecule has 0 N–H and O–H groups in total. The normalized spacial score (nSPS) is 15.9. The first-order valence-electron chi connectivity index (χ1n) is 10.1. The number of hydrogen-bond acceptors (Lipinski definition) is 6. The highest BCUT2D eigenvalue weighted by atomic mass is 32.2. The number of rotatable bonds is 4. The van der Waals surface area contributed by atoms with Crippen LogP contribution in [0.1, 0.15) is 25.8 Å². The molecule has 0 radical (unpaired) electrons. The zero-order chi connectivity index (χ0) is 23.0. The summed E-state index contributed by atoms with van der Waals surface area (Å²) in [5.74, 6) is -0.201. The molecule has 0 bridgehead atoms. The molecule has 3 aromatic rings. The minimum absolute atomic E-state index is 0.0261. The van der Waals surface area contributed by atoms with Crippen LogP contribution in [-0.4, -0.2) is 36.6 Å². The molecular formula is C23H22FN3O4S. The van der Waals surface area contributed by atoms with Crippen LogP contribution >= 0.6 is 0 Å². The molecule has 1 amide bonds. The van der Waals surface area contributed by atoms with Gasteiger partial charge in [0.05, 0.1) is 23.0 Å². The van der Waals surface area contributed by atoms with Gasteiger partial charge in [0.25, 0.3) is 0 Å². The van der Waals surface area contributed by atoms with Crippen molar-refractivity contribution in [3.8, 4) is 22.9 Å². The first-order valence-corrected chi connectivity index (χ1v) is 12.0. The topological polar surface area (TPSA) is 89.5 Å². The Labute approximate surface area is 185 Å². The second-order valence-corrected chi connectivity index (χ2v) is 9.81. The van der Waals surface area contributed by atoms with E-state index >= 15 is 0 Å². The van der Waals surface area contributed by atoms with Gasteiger partial charge in [-0.15, -0.1) is 0 Å². The number of benzene rings is 2.